The standard InChI is InChI=1S/C12H12BrF3N2O2/c1-6-5-18(11(20)12(14,15)16)3-2-7-8(13)4-9(19)17-10(6)7/h4,6H,2-3,5H2,1H3,(H,17,19). The van der Waals surface area contributed by atoms with Gasteiger partial charge in [-0.3, -0.25) is 9.59 Å². The van der Waals surface area contributed by atoms with Gasteiger partial charge in [-0.25, -0.2) is 0 Å². The van der Waals surface area contributed by atoms with Gasteiger partial charge in [0.15, 0.2) is 0 Å². The van der Waals surface area contributed by atoms with E-state index < -0.39 is 12.1 Å². The highest BCUT2D eigenvalue weighted by molar-refractivity contribution is 9.10. The van der Waals surface area contributed by atoms with Crippen molar-refractivity contribution in [2.45, 2.75) is 25.4 Å². The van der Waals surface area contributed by atoms with Crippen molar-refractivity contribution in [1.29, 1.82) is 0 Å². The van der Waals surface area contributed by atoms with E-state index in [1.807, 2.05) is 0 Å². The first kappa shape index (κ1) is 15.1. The van der Waals surface area contributed by atoms with Crippen LogP contribution < -0.4 is 5.56 Å². The highest BCUT2D eigenvalue weighted by Crippen LogP contribution is 2.29. The van der Waals surface area contributed by atoms with Crippen molar-refractivity contribution < 1.29 is 18.0 Å². The third kappa shape index (κ3) is 2.89. The minimum Gasteiger partial charge on any atom is -0.334 e. The number of nitrogens with zero attached hydrogens (tertiary/aromatic N) is 1. The van der Waals surface area contributed by atoms with Gasteiger partial charge in [-0.2, -0.15) is 13.2 Å². The predicted molar refractivity (Wildman–Crippen MR) is 69.5 cm³/mol. The maximum atomic E-state index is 12.5. The monoisotopic (exact) mass is 352 g/mol. The molecule has 110 valence electrons. The van der Waals surface area contributed by atoms with Gasteiger partial charge >= 0.3 is 12.1 Å². The number of rotatable bonds is 0. The molecule has 1 aliphatic rings. The molecule has 0 saturated heterocycles. The first-order valence-electron chi connectivity index (χ1n) is 5.98. The van der Waals surface area contributed by atoms with Gasteiger partial charge in [-0.1, -0.05) is 22.9 Å². The Hall–Kier alpha value is -1.31. The number of fused-ring (bicyclic) bond motifs is 1. The summed E-state index contributed by atoms with van der Waals surface area (Å²) in [4.78, 5) is 26.2. The van der Waals surface area contributed by atoms with Crippen molar-refractivity contribution in [3.8, 4) is 0 Å². The normalized spacial score (nSPS) is 19.4. The SMILES string of the molecule is CC1CN(C(=O)C(F)(F)F)CCc2c(Br)cc(=O)[nH]c21. The van der Waals surface area contributed by atoms with E-state index in [9.17, 15) is 22.8 Å². The number of halogens is 4. The number of hydrogen-bond donors (Lipinski definition) is 1. The number of hydrogen-bond acceptors (Lipinski definition) is 2. The Morgan fingerprint density at radius 1 is 1.50 bits per heavy atom. The molecule has 2 heterocycles. The number of H-pyrrole nitrogens is 1. The summed E-state index contributed by atoms with van der Waals surface area (Å²) in [6.45, 7) is 1.58. The van der Waals surface area contributed by atoms with Gasteiger partial charge in [0.25, 0.3) is 0 Å². The molecule has 1 amide bonds. The van der Waals surface area contributed by atoms with E-state index in [0.717, 1.165) is 10.5 Å². The molecule has 0 spiro atoms. The first-order valence-corrected chi connectivity index (χ1v) is 6.77. The second-order valence-corrected chi connectivity index (χ2v) is 5.63. The van der Waals surface area contributed by atoms with Crippen molar-refractivity contribution in [3.05, 3.63) is 32.2 Å². The van der Waals surface area contributed by atoms with Crippen molar-refractivity contribution in [2.75, 3.05) is 13.1 Å². The fourth-order valence-corrected chi connectivity index (χ4v) is 2.99. The van der Waals surface area contributed by atoms with Crippen molar-refractivity contribution in [2.24, 2.45) is 0 Å². The van der Waals surface area contributed by atoms with Gasteiger partial charge in [-0.15, -0.1) is 0 Å². The number of aromatic nitrogens is 1. The number of carbonyl (C=O) groups is 1. The van der Waals surface area contributed by atoms with E-state index in [2.05, 4.69) is 20.9 Å². The molecule has 1 aromatic rings. The summed E-state index contributed by atoms with van der Waals surface area (Å²) in [5, 5.41) is 0. The van der Waals surface area contributed by atoms with E-state index >= 15 is 0 Å². The molecule has 0 aliphatic carbocycles. The fraction of sp³-hybridized carbons (Fsp3) is 0.500. The van der Waals surface area contributed by atoms with E-state index in [4.69, 9.17) is 0 Å². The molecule has 0 fully saturated rings. The highest BCUT2D eigenvalue weighted by atomic mass is 79.9. The van der Waals surface area contributed by atoms with Gasteiger partial charge in [0, 0.05) is 35.2 Å². The van der Waals surface area contributed by atoms with Crippen molar-refractivity contribution >= 4 is 21.8 Å². The zero-order valence-electron chi connectivity index (χ0n) is 10.6. The Morgan fingerprint density at radius 2 is 2.15 bits per heavy atom. The van der Waals surface area contributed by atoms with Crippen LogP contribution in [0, 0.1) is 0 Å². The highest BCUT2D eigenvalue weighted by Gasteiger charge is 2.43. The second kappa shape index (κ2) is 5.23. The van der Waals surface area contributed by atoms with E-state index in [1.54, 1.807) is 6.92 Å². The van der Waals surface area contributed by atoms with Crippen LogP contribution >= 0.6 is 15.9 Å². The Bertz CT molecular complexity index is 597. The third-order valence-corrected chi connectivity index (χ3v) is 3.99. The topological polar surface area (TPSA) is 53.2 Å². The van der Waals surface area contributed by atoms with E-state index in [0.29, 0.717) is 10.2 Å². The van der Waals surface area contributed by atoms with Crippen LogP contribution in [-0.2, 0) is 11.2 Å². The quantitative estimate of drug-likeness (QED) is 0.778. The lowest BCUT2D eigenvalue weighted by Gasteiger charge is -2.23. The van der Waals surface area contributed by atoms with Gasteiger partial charge < -0.3 is 9.88 Å². The van der Waals surface area contributed by atoms with Gasteiger partial charge in [0.1, 0.15) is 0 Å². The molecule has 8 heteroatoms. The molecule has 0 aromatic carbocycles. The van der Waals surface area contributed by atoms with Crippen LogP contribution in [0.5, 0.6) is 0 Å². The maximum Gasteiger partial charge on any atom is 0.471 e. The number of alkyl halides is 3. The first-order chi connectivity index (χ1) is 9.20. The predicted octanol–water partition coefficient (Wildman–Crippen LogP) is 2.19. The molecule has 1 N–H and O–H groups in total. The Balaban J connectivity index is 2.35. The molecule has 2 rings (SSSR count). The van der Waals surface area contributed by atoms with Gasteiger partial charge in [0.05, 0.1) is 0 Å². The largest absolute Gasteiger partial charge is 0.471 e. The molecule has 4 nitrogen and oxygen atoms in total. The van der Waals surface area contributed by atoms with Gasteiger partial charge in [0.2, 0.25) is 5.56 Å². The zero-order chi connectivity index (χ0) is 15.1. The minimum atomic E-state index is -4.87. The second-order valence-electron chi connectivity index (χ2n) is 4.77. The van der Waals surface area contributed by atoms with Crippen molar-refractivity contribution in [1.82, 2.24) is 9.88 Å². The number of aromatic amines is 1. The molecule has 1 aromatic heterocycles. The third-order valence-electron chi connectivity index (χ3n) is 3.28. The number of nitrogens with one attached hydrogen (secondary N) is 1. The maximum absolute atomic E-state index is 12.5. The molecule has 20 heavy (non-hydrogen) atoms. The van der Waals surface area contributed by atoms with Crippen LogP contribution in [0.15, 0.2) is 15.3 Å². The summed E-state index contributed by atoms with van der Waals surface area (Å²) in [6.07, 6.45) is -4.61. The molecule has 1 aliphatic heterocycles. The van der Waals surface area contributed by atoms with Crippen LogP contribution in [0.1, 0.15) is 24.1 Å². The summed E-state index contributed by atoms with van der Waals surface area (Å²) >= 11 is 3.25. The molecule has 0 saturated carbocycles. The van der Waals surface area contributed by atoms with Crippen LogP contribution in [-0.4, -0.2) is 35.1 Å². The number of amides is 1. The van der Waals surface area contributed by atoms with Crippen molar-refractivity contribution in [3.63, 3.8) is 0 Å². The number of pyridine rings is 1. The average molecular weight is 353 g/mol. The molecule has 1 atom stereocenters. The lowest BCUT2D eigenvalue weighted by Crippen LogP contribution is -2.43. The summed E-state index contributed by atoms with van der Waals surface area (Å²) in [6, 6.07) is 1.34. The van der Waals surface area contributed by atoms with E-state index in [-0.39, 0.29) is 31.0 Å². The number of carbonyl (C=O) groups excluding carboxylic acids is 1. The summed E-state index contributed by atoms with van der Waals surface area (Å²) in [7, 11) is 0. The Labute approximate surface area is 121 Å². The van der Waals surface area contributed by atoms with E-state index in [1.165, 1.54) is 6.07 Å². The Kier molecular flexibility index (Phi) is 3.95. The molecule has 0 bridgehead atoms. The summed E-state index contributed by atoms with van der Waals surface area (Å²) < 4.78 is 38.1. The fourth-order valence-electron chi connectivity index (χ4n) is 2.37. The van der Waals surface area contributed by atoms with Crippen LogP contribution in [0.25, 0.3) is 0 Å². The smallest absolute Gasteiger partial charge is 0.334 e. The molecular formula is C12H12BrF3N2O2. The lowest BCUT2D eigenvalue weighted by atomic mass is 10.0. The molecular weight excluding hydrogens is 341 g/mol. The summed E-state index contributed by atoms with van der Waals surface area (Å²) in [5.41, 5.74) is 1.01. The minimum absolute atomic E-state index is 0.0275. The Morgan fingerprint density at radius 3 is 2.75 bits per heavy atom. The van der Waals surface area contributed by atoms with Crippen LogP contribution in [0.4, 0.5) is 13.2 Å². The molecule has 0 radical (unpaired) electrons. The zero-order valence-corrected chi connectivity index (χ0v) is 12.1. The van der Waals surface area contributed by atoms with Crippen LogP contribution in [0.3, 0.4) is 0 Å². The lowest BCUT2D eigenvalue weighted by molar-refractivity contribution is -0.185. The molecule has 1 unspecified atom stereocenters. The van der Waals surface area contributed by atoms with Gasteiger partial charge in [-0.05, 0) is 12.0 Å². The van der Waals surface area contributed by atoms with Crippen LogP contribution in [0.2, 0.25) is 0 Å². The summed E-state index contributed by atoms with van der Waals surface area (Å²) in [5.74, 6) is -2.21. The average Bonchev–Trinajstić information content (AvgIpc) is 2.48.